The summed E-state index contributed by atoms with van der Waals surface area (Å²) in [5.74, 6) is 5.80. The molecule has 2 heterocycles. The minimum absolute atomic E-state index is 0.258. The molecule has 0 saturated heterocycles. The number of aryl methyl sites for hydroxylation is 1. The number of hydrogen-bond donors (Lipinski definition) is 4. The number of nitrogens with one attached hydrogen (secondary N) is 3. The summed E-state index contributed by atoms with van der Waals surface area (Å²) in [5, 5.41) is 2.73. The summed E-state index contributed by atoms with van der Waals surface area (Å²) in [4.78, 5) is 22.9. The van der Waals surface area contributed by atoms with Crippen LogP contribution in [-0.4, -0.2) is 20.9 Å². The van der Waals surface area contributed by atoms with Crippen LogP contribution < -0.4 is 16.6 Å². The molecule has 7 heteroatoms. The summed E-state index contributed by atoms with van der Waals surface area (Å²) in [7, 11) is 0. The van der Waals surface area contributed by atoms with Crippen molar-refractivity contribution in [3.8, 4) is 0 Å². The van der Waals surface area contributed by atoms with E-state index in [4.69, 9.17) is 5.84 Å². The first-order chi connectivity index (χ1) is 8.70. The number of anilines is 1. The lowest BCUT2D eigenvalue weighted by atomic mass is 10.2. The number of nitrogen functional groups attached to an aromatic ring is 1. The predicted molar refractivity (Wildman–Crippen MR) is 66.5 cm³/mol. The number of carbonyl (C=O) groups excluding carboxylic acids is 1. The van der Waals surface area contributed by atoms with Crippen LogP contribution in [0.2, 0.25) is 0 Å². The summed E-state index contributed by atoms with van der Waals surface area (Å²) in [6.07, 6.45) is 4.81. The number of carbonyl (C=O) groups is 1. The van der Waals surface area contributed by atoms with Crippen molar-refractivity contribution >= 4 is 11.6 Å². The molecule has 5 N–H and O–H groups in total. The van der Waals surface area contributed by atoms with E-state index in [1.165, 1.54) is 6.20 Å². The number of H-pyrrole nitrogens is 1. The highest BCUT2D eigenvalue weighted by atomic mass is 16.1. The minimum atomic E-state index is -0.258. The number of rotatable bonds is 4. The van der Waals surface area contributed by atoms with Crippen molar-refractivity contribution in [2.45, 2.75) is 13.5 Å². The van der Waals surface area contributed by atoms with E-state index in [2.05, 4.69) is 25.7 Å². The van der Waals surface area contributed by atoms with Gasteiger partial charge in [-0.15, -0.1) is 0 Å². The molecule has 0 atom stereocenters. The van der Waals surface area contributed by atoms with Gasteiger partial charge >= 0.3 is 0 Å². The molecule has 1 amide bonds. The molecule has 0 unspecified atom stereocenters. The van der Waals surface area contributed by atoms with E-state index in [-0.39, 0.29) is 5.91 Å². The Labute approximate surface area is 104 Å². The monoisotopic (exact) mass is 246 g/mol. The Morgan fingerprint density at radius 2 is 2.33 bits per heavy atom. The molecule has 0 spiro atoms. The van der Waals surface area contributed by atoms with E-state index >= 15 is 0 Å². The number of hydrogen-bond acceptors (Lipinski definition) is 5. The summed E-state index contributed by atoms with van der Waals surface area (Å²) < 4.78 is 0. The first kappa shape index (κ1) is 12.1. The van der Waals surface area contributed by atoms with Crippen LogP contribution in [0.25, 0.3) is 0 Å². The normalized spacial score (nSPS) is 10.1. The van der Waals surface area contributed by atoms with Crippen LogP contribution in [0.1, 0.15) is 21.9 Å². The summed E-state index contributed by atoms with van der Waals surface area (Å²) in [6, 6.07) is 1.71. The zero-order valence-corrected chi connectivity index (χ0v) is 9.90. The van der Waals surface area contributed by atoms with E-state index < -0.39 is 0 Å². The highest BCUT2D eigenvalue weighted by Gasteiger charge is 2.11. The third-order valence-corrected chi connectivity index (χ3v) is 2.41. The van der Waals surface area contributed by atoms with Crippen LogP contribution in [0.15, 0.2) is 24.7 Å². The lowest BCUT2D eigenvalue weighted by molar-refractivity contribution is 0.0950. The molecule has 94 valence electrons. The lowest BCUT2D eigenvalue weighted by Crippen LogP contribution is -2.25. The Hall–Kier alpha value is -2.41. The van der Waals surface area contributed by atoms with E-state index in [0.717, 1.165) is 5.69 Å². The molecule has 0 aromatic carbocycles. The van der Waals surface area contributed by atoms with Gasteiger partial charge in [0.15, 0.2) is 0 Å². The zero-order chi connectivity index (χ0) is 13.0. The SMILES string of the molecule is Cc1cc(NN)c(C(=O)NCc2ncc[nH]2)cn1. The van der Waals surface area contributed by atoms with E-state index in [1.807, 2.05) is 6.92 Å². The number of imidazole rings is 1. The van der Waals surface area contributed by atoms with Gasteiger partial charge < -0.3 is 15.7 Å². The van der Waals surface area contributed by atoms with Gasteiger partial charge in [0, 0.05) is 24.3 Å². The van der Waals surface area contributed by atoms with Gasteiger partial charge in [0.05, 0.1) is 17.8 Å². The van der Waals surface area contributed by atoms with Crippen LogP contribution in [0.4, 0.5) is 5.69 Å². The molecule has 0 aliphatic rings. The Morgan fingerprint density at radius 3 is 3.00 bits per heavy atom. The van der Waals surface area contributed by atoms with Crippen molar-refractivity contribution in [2.75, 3.05) is 5.43 Å². The largest absolute Gasteiger partial charge is 0.347 e. The second kappa shape index (κ2) is 5.28. The molecule has 0 bridgehead atoms. The highest BCUT2D eigenvalue weighted by molar-refractivity contribution is 5.99. The predicted octanol–water partition coefficient (Wildman–Crippen LogP) is 0.329. The molecule has 0 aliphatic heterocycles. The number of amides is 1. The Balaban J connectivity index is 2.09. The average Bonchev–Trinajstić information content (AvgIpc) is 2.88. The van der Waals surface area contributed by atoms with Gasteiger partial charge in [-0.3, -0.25) is 15.6 Å². The zero-order valence-electron chi connectivity index (χ0n) is 9.90. The topological polar surface area (TPSA) is 109 Å². The van der Waals surface area contributed by atoms with Crippen LogP contribution in [0.3, 0.4) is 0 Å². The standard InChI is InChI=1S/C11H14N6O/c1-7-4-9(17-12)8(5-15-7)11(18)16-6-10-13-2-3-14-10/h2-5H,6,12H2,1H3,(H,13,14)(H,15,17)(H,16,18). The van der Waals surface area contributed by atoms with E-state index in [1.54, 1.807) is 18.5 Å². The third kappa shape index (κ3) is 2.64. The van der Waals surface area contributed by atoms with Gasteiger partial charge in [-0.2, -0.15) is 0 Å². The molecular formula is C11H14N6O. The number of nitrogens with two attached hydrogens (primary N) is 1. The fraction of sp³-hybridized carbons (Fsp3) is 0.182. The van der Waals surface area contributed by atoms with Crippen molar-refractivity contribution < 1.29 is 4.79 Å². The molecule has 2 rings (SSSR count). The Morgan fingerprint density at radius 1 is 1.50 bits per heavy atom. The first-order valence-electron chi connectivity index (χ1n) is 5.40. The number of pyridine rings is 1. The number of aromatic amines is 1. The quantitative estimate of drug-likeness (QED) is 0.459. The van der Waals surface area contributed by atoms with Gasteiger partial charge in [-0.05, 0) is 13.0 Å². The van der Waals surface area contributed by atoms with Crippen molar-refractivity contribution in [3.05, 3.63) is 41.7 Å². The summed E-state index contributed by atoms with van der Waals surface area (Å²) in [5.41, 5.74) is 4.21. The van der Waals surface area contributed by atoms with E-state index in [9.17, 15) is 4.79 Å². The fourth-order valence-corrected chi connectivity index (χ4v) is 1.51. The molecule has 18 heavy (non-hydrogen) atoms. The second-order valence-corrected chi connectivity index (χ2v) is 3.73. The maximum absolute atomic E-state index is 11.9. The molecule has 0 aliphatic carbocycles. The average molecular weight is 246 g/mol. The maximum atomic E-state index is 11.9. The molecule has 0 radical (unpaired) electrons. The smallest absolute Gasteiger partial charge is 0.255 e. The van der Waals surface area contributed by atoms with Crippen molar-refractivity contribution in [2.24, 2.45) is 5.84 Å². The summed E-state index contributed by atoms with van der Waals surface area (Å²) in [6.45, 7) is 2.15. The number of nitrogens with zero attached hydrogens (tertiary/aromatic N) is 2. The van der Waals surface area contributed by atoms with Crippen LogP contribution in [0, 0.1) is 6.92 Å². The van der Waals surface area contributed by atoms with Crippen LogP contribution in [0.5, 0.6) is 0 Å². The van der Waals surface area contributed by atoms with Crippen molar-refractivity contribution in [1.82, 2.24) is 20.3 Å². The highest BCUT2D eigenvalue weighted by Crippen LogP contribution is 2.14. The molecule has 7 nitrogen and oxygen atoms in total. The molecule has 2 aromatic rings. The summed E-state index contributed by atoms with van der Waals surface area (Å²) >= 11 is 0. The first-order valence-corrected chi connectivity index (χ1v) is 5.40. The Bertz CT molecular complexity index is 536. The van der Waals surface area contributed by atoms with E-state index in [0.29, 0.717) is 23.6 Å². The van der Waals surface area contributed by atoms with Crippen LogP contribution in [-0.2, 0) is 6.54 Å². The molecular weight excluding hydrogens is 232 g/mol. The third-order valence-electron chi connectivity index (χ3n) is 2.41. The van der Waals surface area contributed by atoms with Crippen molar-refractivity contribution in [3.63, 3.8) is 0 Å². The van der Waals surface area contributed by atoms with Gasteiger partial charge in [0.2, 0.25) is 0 Å². The van der Waals surface area contributed by atoms with Crippen LogP contribution >= 0.6 is 0 Å². The molecule has 0 fully saturated rings. The molecule has 2 aromatic heterocycles. The Kier molecular flexibility index (Phi) is 3.54. The van der Waals surface area contributed by atoms with Gasteiger partial charge in [0.1, 0.15) is 5.82 Å². The van der Waals surface area contributed by atoms with Gasteiger partial charge in [-0.25, -0.2) is 4.98 Å². The lowest BCUT2D eigenvalue weighted by Gasteiger charge is -2.09. The van der Waals surface area contributed by atoms with Crippen molar-refractivity contribution in [1.29, 1.82) is 0 Å². The maximum Gasteiger partial charge on any atom is 0.255 e. The second-order valence-electron chi connectivity index (χ2n) is 3.73. The minimum Gasteiger partial charge on any atom is -0.347 e. The van der Waals surface area contributed by atoms with Gasteiger partial charge in [0.25, 0.3) is 5.91 Å². The number of hydrazine groups is 1. The number of aromatic nitrogens is 3. The fourth-order valence-electron chi connectivity index (χ4n) is 1.51. The van der Waals surface area contributed by atoms with Gasteiger partial charge in [-0.1, -0.05) is 0 Å². The molecule has 0 saturated carbocycles.